The highest BCUT2D eigenvalue weighted by Gasteiger charge is 2.33. The molecule has 0 radical (unpaired) electrons. The summed E-state index contributed by atoms with van der Waals surface area (Å²) < 4.78 is 10.9. The molecule has 1 aromatic carbocycles. The minimum absolute atomic E-state index is 0.161. The fraction of sp³-hybridized carbons (Fsp3) is 0.500. The Bertz CT molecular complexity index is 686. The molecule has 0 spiro atoms. The molecule has 0 saturated heterocycles. The lowest BCUT2D eigenvalue weighted by Crippen LogP contribution is -2.30. The average molecular weight is 384 g/mol. The van der Waals surface area contributed by atoms with E-state index in [9.17, 15) is 4.79 Å². The molecule has 0 bridgehead atoms. The smallest absolute Gasteiger partial charge is 0.311 e. The fourth-order valence-corrected chi connectivity index (χ4v) is 3.34. The number of nitrogens with zero attached hydrogens (tertiary/aromatic N) is 1. The molecule has 28 heavy (non-hydrogen) atoms. The van der Waals surface area contributed by atoms with Crippen molar-refractivity contribution in [2.75, 3.05) is 19.8 Å². The van der Waals surface area contributed by atoms with Gasteiger partial charge in [0.1, 0.15) is 6.61 Å². The number of hydrogen-bond acceptors (Lipinski definition) is 4. The van der Waals surface area contributed by atoms with Crippen LogP contribution < -0.4 is 0 Å². The van der Waals surface area contributed by atoms with Crippen LogP contribution in [0.15, 0.2) is 54.9 Å². The summed E-state index contributed by atoms with van der Waals surface area (Å²) in [6.45, 7) is 7.47. The molecule has 1 aromatic heterocycles. The summed E-state index contributed by atoms with van der Waals surface area (Å²) in [5.41, 5.74) is 1.98. The first-order valence-corrected chi connectivity index (χ1v) is 10.2. The maximum absolute atomic E-state index is 12.6. The number of hydrogen-bond donors (Lipinski definition) is 0. The van der Waals surface area contributed by atoms with Crippen LogP contribution in [0.25, 0.3) is 0 Å². The largest absolute Gasteiger partial charge is 0.463 e. The Morgan fingerprint density at radius 1 is 1.04 bits per heavy atom. The molecule has 4 heteroatoms. The highest BCUT2D eigenvalue weighted by Crippen LogP contribution is 2.35. The van der Waals surface area contributed by atoms with Crippen molar-refractivity contribution in [1.29, 1.82) is 0 Å². The molecule has 0 N–H and O–H groups in total. The number of benzene rings is 1. The third-order valence-electron chi connectivity index (χ3n) is 4.92. The molecule has 2 aromatic rings. The lowest BCUT2D eigenvalue weighted by molar-refractivity contribution is -0.156. The summed E-state index contributed by atoms with van der Waals surface area (Å²) in [6.07, 6.45) is 7.30. The van der Waals surface area contributed by atoms with Gasteiger partial charge < -0.3 is 9.47 Å². The summed E-state index contributed by atoms with van der Waals surface area (Å²) in [5, 5.41) is 0. The Hall–Kier alpha value is -2.20. The van der Waals surface area contributed by atoms with Crippen LogP contribution in [0.1, 0.15) is 57.1 Å². The number of rotatable bonds is 12. The van der Waals surface area contributed by atoms with Gasteiger partial charge in [0, 0.05) is 19.0 Å². The van der Waals surface area contributed by atoms with E-state index in [0.717, 1.165) is 25.7 Å². The van der Waals surface area contributed by atoms with E-state index in [4.69, 9.17) is 9.47 Å². The number of esters is 1. The monoisotopic (exact) mass is 383 g/mol. The maximum Gasteiger partial charge on any atom is 0.311 e. The first-order chi connectivity index (χ1) is 13.5. The minimum atomic E-state index is -0.560. The number of carbonyl (C=O) groups is 1. The number of ether oxygens (including phenoxy) is 2. The van der Waals surface area contributed by atoms with E-state index < -0.39 is 5.41 Å². The van der Waals surface area contributed by atoms with Gasteiger partial charge in [0.05, 0.1) is 12.0 Å². The van der Waals surface area contributed by atoms with Gasteiger partial charge in [-0.1, -0.05) is 37.3 Å². The van der Waals surface area contributed by atoms with Gasteiger partial charge in [-0.3, -0.25) is 9.78 Å². The van der Waals surface area contributed by atoms with Crippen LogP contribution in [0.5, 0.6) is 0 Å². The van der Waals surface area contributed by atoms with Crippen molar-refractivity contribution in [3.63, 3.8) is 0 Å². The Morgan fingerprint density at radius 3 is 2.43 bits per heavy atom. The summed E-state index contributed by atoms with van der Waals surface area (Å²) in [5.74, 6) is 0.105. The van der Waals surface area contributed by atoms with Crippen LogP contribution in [-0.2, 0) is 20.7 Å². The summed E-state index contributed by atoms with van der Waals surface area (Å²) in [4.78, 5) is 16.8. The van der Waals surface area contributed by atoms with E-state index >= 15 is 0 Å². The fourth-order valence-electron chi connectivity index (χ4n) is 3.34. The molecule has 0 aliphatic heterocycles. The third-order valence-corrected chi connectivity index (χ3v) is 4.92. The predicted octanol–water partition coefficient (Wildman–Crippen LogP) is 5.18. The molecule has 2 rings (SSSR count). The van der Waals surface area contributed by atoms with Crippen molar-refractivity contribution in [2.45, 2.75) is 52.4 Å². The Balaban J connectivity index is 1.98. The van der Waals surface area contributed by atoms with E-state index in [1.807, 2.05) is 32.3 Å². The zero-order chi connectivity index (χ0) is 20.2. The molecule has 0 aliphatic rings. The van der Waals surface area contributed by atoms with Crippen LogP contribution in [0.4, 0.5) is 0 Å². The van der Waals surface area contributed by atoms with Crippen LogP contribution in [-0.4, -0.2) is 30.8 Å². The first kappa shape index (κ1) is 22.1. The van der Waals surface area contributed by atoms with E-state index in [-0.39, 0.29) is 11.9 Å². The van der Waals surface area contributed by atoms with Crippen molar-refractivity contribution in [1.82, 2.24) is 4.98 Å². The van der Waals surface area contributed by atoms with Crippen molar-refractivity contribution in [3.05, 3.63) is 66.0 Å². The molecule has 0 amide bonds. The minimum Gasteiger partial charge on any atom is -0.463 e. The van der Waals surface area contributed by atoms with Gasteiger partial charge >= 0.3 is 5.97 Å². The van der Waals surface area contributed by atoms with Crippen LogP contribution >= 0.6 is 0 Å². The van der Waals surface area contributed by atoms with Gasteiger partial charge in [-0.2, -0.15) is 0 Å². The Kier molecular flexibility index (Phi) is 9.15. The molecule has 0 saturated carbocycles. The van der Waals surface area contributed by atoms with E-state index in [1.54, 1.807) is 0 Å². The van der Waals surface area contributed by atoms with Crippen molar-refractivity contribution < 1.29 is 14.3 Å². The van der Waals surface area contributed by atoms with Crippen molar-refractivity contribution in [3.8, 4) is 0 Å². The van der Waals surface area contributed by atoms with Gasteiger partial charge in [-0.25, -0.2) is 0 Å². The Morgan fingerprint density at radius 2 is 1.75 bits per heavy atom. The van der Waals surface area contributed by atoms with Gasteiger partial charge in [-0.05, 0) is 68.7 Å². The lowest BCUT2D eigenvalue weighted by Gasteiger charge is -2.28. The van der Waals surface area contributed by atoms with Gasteiger partial charge in [-0.15, -0.1) is 0 Å². The normalized spacial score (nSPS) is 12.5. The number of pyridine rings is 1. The zero-order valence-corrected chi connectivity index (χ0v) is 17.4. The predicted molar refractivity (Wildman–Crippen MR) is 112 cm³/mol. The average Bonchev–Trinajstić information content (AvgIpc) is 2.72. The Labute approximate surface area is 169 Å². The van der Waals surface area contributed by atoms with Gasteiger partial charge in [0.2, 0.25) is 0 Å². The molecule has 4 nitrogen and oxygen atoms in total. The van der Waals surface area contributed by atoms with E-state index in [2.05, 4.69) is 48.3 Å². The number of carbonyl (C=O) groups excluding carboxylic acids is 1. The number of aryl methyl sites for hydroxylation is 1. The second-order valence-electron chi connectivity index (χ2n) is 7.84. The highest BCUT2D eigenvalue weighted by atomic mass is 16.6. The molecule has 1 heterocycles. The van der Waals surface area contributed by atoms with Gasteiger partial charge in [0.15, 0.2) is 0 Å². The standard InChI is InChI=1S/C24H33NO3/c1-4-16-27-17-18-28-23(26)24(2,3)19-22(21-12-14-25-15-13-21)11-10-20-8-6-5-7-9-20/h5-9,12-15,22H,4,10-11,16-19H2,1-3H3. The van der Waals surface area contributed by atoms with Gasteiger partial charge in [0.25, 0.3) is 0 Å². The molecular weight excluding hydrogens is 350 g/mol. The molecular formula is C24H33NO3. The lowest BCUT2D eigenvalue weighted by atomic mass is 9.78. The number of aromatic nitrogens is 1. The quantitative estimate of drug-likeness (QED) is 0.374. The molecule has 0 aliphatic carbocycles. The SMILES string of the molecule is CCCOCCOC(=O)C(C)(C)CC(CCc1ccccc1)c1ccncc1. The summed E-state index contributed by atoms with van der Waals surface area (Å²) >= 11 is 0. The van der Waals surface area contributed by atoms with Crippen LogP contribution in [0, 0.1) is 5.41 Å². The zero-order valence-electron chi connectivity index (χ0n) is 17.4. The molecule has 1 unspecified atom stereocenters. The second-order valence-corrected chi connectivity index (χ2v) is 7.84. The van der Waals surface area contributed by atoms with E-state index in [0.29, 0.717) is 19.8 Å². The van der Waals surface area contributed by atoms with Crippen LogP contribution in [0.2, 0.25) is 0 Å². The summed E-state index contributed by atoms with van der Waals surface area (Å²) in [6, 6.07) is 14.6. The maximum atomic E-state index is 12.6. The molecule has 152 valence electrons. The van der Waals surface area contributed by atoms with E-state index in [1.165, 1.54) is 11.1 Å². The molecule has 0 fully saturated rings. The first-order valence-electron chi connectivity index (χ1n) is 10.2. The summed E-state index contributed by atoms with van der Waals surface area (Å²) in [7, 11) is 0. The third kappa shape index (κ3) is 7.43. The molecule has 1 atom stereocenters. The second kappa shape index (κ2) is 11.6. The topological polar surface area (TPSA) is 48.4 Å². The van der Waals surface area contributed by atoms with Crippen LogP contribution in [0.3, 0.4) is 0 Å². The van der Waals surface area contributed by atoms with Crippen molar-refractivity contribution >= 4 is 5.97 Å². The highest BCUT2D eigenvalue weighted by molar-refractivity contribution is 5.76. The van der Waals surface area contributed by atoms with Crippen molar-refractivity contribution in [2.24, 2.45) is 5.41 Å².